The zero-order chi connectivity index (χ0) is 15.8. The van der Waals surface area contributed by atoms with Gasteiger partial charge in [-0.25, -0.2) is 9.97 Å². The third kappa shape index (κ3) is 2.40. The van der Waals surface area contributed by atoms with Gasteiger partial charge in [-0.15, -0.1) is 11.3 Å². The second-order valence-corrected chi connectivity index (χ2v) is 6.41. The summed E-state index contributed by atoms with van der Waals surface area (Å²) in [6.07, 6.45) is 9.29. The van der Waals surface area contributed by atoms with Crippen molar-refractivity contribution in [1.29, 1.82) is 0 Å². The van der Waals surface area contributed by atoms with Crippen LogP contribution in [0.25, 0.3) is 10.3 Å². The van der Waals surface area contributed by atoms with Crippen molar-refractivity contribution in [3.05, 3.63) is 41.4 Å². The molecule has 3 aromatic rings. The number of primary amides is 1. The maximum absolute atomic E-state index is 11.8. The molecule has 0 saturated carbocycles. The fourth-order valence-electron chi connectivity index (χ4n) is 3.06. The maximum Gasteiger partial charge on any atom is 0.259 e. The summed E-state index contributed by atoms with van der Waals surface area (Å²) in [5, 5.41) is 0. The maximum atomic E-state index is 11.8. The van der Waals surface area contributed by atoms with Gasteiger partial charge in [0.1, 0.15) is 16.2 Å². The van der Waals surface area contributed by atoms with E-state index in [0.717, 1.165) is 41.2 Å². The highest BCUT2D eigenvalue weighted by Gasteiger charge is 2.31. The average molecular weight is 326 g/mol. The number of carbonyl (C=O) groups excluding carboxylic acids is 1. The van der Waals surface area contributed by atoms with Gasteiger partial charge >= 0.3 is 0 Å². The Bertz CT molecular complexity index is 865. The summed E-state index contributed by atoms with van der Waals surface area (Å²) in [4.78, 5) is 32.5. The normalized spacial score (nSPS) is 17.7. The number of aromatic nitrogens is 4. The molecule has 1 fully saturated rings. The lowest BCUT2D eigenvalue weighted by Gasteiger charge is -2.16. The minimum atomic E-state index is -0.414. The van der Waals surface area contributed by atoms with Crippen molar-refractivity contribution in [2.24, 2.45) is 5.73 Å². The van der Waals surface area contributed by atoms with Crippen molar-refractivity contribution in [2.75, 3.05) is 18.0 Å². The number of amides is 1. The van der Waals surface area contributed by atoms with Crippen LogP contribution in [-0.4, -0.2) is 38.9 Å². The van der Waals surface area contributed by atoms with Crippen LogP contribution in [0.15, 0.2) is 31.0 Å². The number of thiophene rings is 1. The van der Waals surface area contributed by atoms with Crippen LogP contribution in [0.2, 0.25) is 0 Å². The monoisotopic (exact) mass is 326 g/mol. The van der Waals surface area contributed by atoms with Gasteiger partial charge in [0.05, 0.1) is 11.1 Å². The molecule has 4 heterocycles. The molecule has 23 heavy (non-hydrogen) atoms. The van der Waals surface area contributed by atoms with Gasteiger partial charge in [0.2, 0.25) is 0 Å². The Morgan fingerprint density at radius 1 is 1.22 bits per heavy atom. The van der Waals surface area contributed by atoms with Crippen LogP contribution in [0.1, 0.15) is 27.6 Å². The molecule has 0 aliphatic carbocycles. The number of hydrogen-bond acceptors (Lipinski definition) is 7. The molecule has 0 radical (unpaired) electrons. The Kier molecular flexibility index (Phi) is 3.38. The first-order valence-corrected chi connectivity index (χ1v) is 8.10. The van der Waals surface area contributed by atoms with Crippen LogP contribution in [0, 0.1) is 0 Å². The highest BCUT2D eigenvalue weighted by molar-refractivity contribution is 7.20. The van der Waals surface area contributed by atoms with E-state index in [1.54, 1.807) is 31.0 Å². The van der Waals surface area contributed by atoms with Crippen molar-refractivity contribution >= 4 is 33.4 Å². The number of rotatable bonds is 3. The molecule has 3 aromatic heterocycles. The Balaban J connectivity index is 1.73. The predicted octanol–water partition coefficient (Wildman–Crippen LogP) is 1.57. The Morgan fingerprint density at radius 2 is 2.04 bits per heavy atom. The second-order valence-electron chi connectivity index (χ2n) is 5.41. The molecule has 1 amide bonds. The minimum absolute atomic E-state index is 0.185. The van der Waals surface area contributed by atoms with Gasteiger partial charge in [0, 0.05) is 49.4 Å². The number of carbonyl (C=O) groups is 1. The lowest BCUT2D eigenvalue weighted by Crippen LogP contribution is -2.21. The van der Waals surface area contributed by atoms with Gasteiger partial charge < -0.3 is 10.6 Å². The van der Waals surface area contributed by atoms with E-state index in [0.29, 0.717) is 4.88 Å². The van der Waals surface area contributed by atoms with Gasteiger partial charge in [-0.3, -0.25) is 14.8 Å². The van der Waals surface area contributed by atoms with Gasteiger partial charge in [-0.2, -0.15) is 0 Å². The van der Waals surface area contributed by atoms with E-state index in [1.807, 2.05) is 0 Å². The summed E-state index contributed by atoms with van der Waals surface area (Å²) in [7, 11) is 0. The van der Waals surface area contributed by atoms with E-state index in [2.05, 4.69) is 24.8 Å². The third-order valence-corrected chi connectivity index (χ3v) is 5.17. The standard InChI is InChI=1S/C15H14N6OS/c16-14(22)13-11(12-15(23-13)20-5-4-19-12)9-1-6-21(8-9)10-7-17-2-3-18-10/h2-5,7,9H,1,6,8H2,(H2,16,22). The number of nitrogens with zero attached hydrogens (tertiary/aromatic N) is 5. The second kappa shape index (κ2) is 5.54. The Hall–Kier alpha value is -2.61. The molecule has 1 aliphatic heterocycles. The average Bonchev–Trinajstić information content (AvgIpc) is 3.20. The molecule has 0 spiro atoms. The molecule has 0 bridgehead atoms. The van der Waals surface area contributed by atoms with E-state index in [-0.39, 0.29) is 5.92 Å². The number of fused-ring (bicyclic) bond motifs is 1. The quantitative estimate of drug-likeness (QED) is 0.784. The lowest BCUT2D eigenvalue weighted by atomic mass is 9.97. The number of anilines is 1. The number of hydrogen-bond donors (Lipinski definition) is 1. The van der Waals surface area contributed by atoms with E-state index in [1.165, 1.54) is 11.3 Å². The highest BCUT2D eigenvalue weighted by atomic mass is 32.1. The summed E-state index contributed by atoms with van der Waals surface area (Å²) in [6, 6.07) is 0. The molecular weight excluding hydrogens is 312 g/mol. The van der Waals surface area contributed by atoms with Crippen molar-refractivity contribution in [3.8, 4) is 0 Å². The lowest BCUT2D eigenvalue weighted by molar-refractivity contribution is 0.100. The van der Waals surface area contributed by atoms with Crippen LogP contribution in [0.3, 0.4) is 0 Å². The summed E-state index contributed by atoms with van der Waals surface area (Å²) in [5.41, 5.74) is 7.29. The summed E-state index contributed by atoms with van der Waals surface area (Å²) in [5.74, 6) is 0.619. The molecule has 4 rings (SSSR count). The molecule has 116 valence electrons. The molecule has 8 heteroatoms. The van der Waals surface area contributed by atoms with E-state index < -0.39 is 5.91 Å². The topological polar surface area (TPSA) is 97.9 Å². The van der Waals surface area contributed by atoms with Crippen molar-refractivity contribution in [1.82, 2.24) is 19.9 Å². The van der Waals surface area contributed by atoms with Crippen molar-refractivity contribution < 1.29 is 4.79 Å². The van der Waals surface area contributed by atoms with Crippen LogP contribution < -0.4 is 10.6 Å². The Morgan fingerprint density at radius 3 is 2.83 bits per heavy atom. The molecule has 7 nitrogen and oxygen atoms in total. The van der Waals surface area contributed by atoms with E-state index in [4.69, 9.17) is 5.73 Å². The van der Waals surface area contributed by atoms with Crippen LogP contribution in [0.5, 0.6) is 0 Å². The van der Waals surface area contributed by atoms with Crippen LogP contribution >= 0.6 is 11.3 Å². The van der Waals surface area contributed by atoms with Gasteiger partial charge in [-0.05, 0) is 6.42 Å². The number of nitrogens with two attached hydrogens (primary N) is 1. The molecule has 1 unspecified atom stereocenters. The zero-order valence-corrected chi connectivity index (χ0v) is 13.0. The van der Waals surface area contributed by atoms with Gasteiger partial charge in [0.15, 0.2) is 0 Å². The molecule has 1 atom stereocenters. The SMILES string of the molecule is NC(=O)c1sc2nccnc2c1C1CCN(c2cnccn2)C1. The molecule has 1 saturated heterocycles. The molecule has 2 N–H and O–H groups in total. The third-order valence-electron chi connectivity index (χ3n) is 4.06. The summed E-state index contributed by atoms with van der Waals surface area (Å²) in [6.45, 7) is 1.63. The van der Waals surface area contributed by atoms with Gasteiger partial charge in [-0.1, -0.05) is 0 Å². The van der Waals surface area contributed by atoms with Crippen molar-refractivity contribution in [2.45, 2.75) is 12.3 Å². The predicted molar refractivity (Wildman–Crippen MR) is 87.5 cm³/mol. The van der Waals surface area contributed by atoms with E-state index >= 15 is 0 Å². The molecule has 0 aromatic carbocycles. The zero-order valence-electron chi connectivity index (χ0n) is 12.2. The van der Waals surface area contributed by atoms with Crippen LogP contribution in [-0.2, 0) is 0 Å². The largest absolute Gasteiger partial charge is 0.365 e. The first-order valence-electron chi connectivity index (χ1n) is 7.28. The fourth-order valence-corrected chi connectivity index (χ4v) is 4.10. The van der Waals surface area contributed by atoms with E-state index in [9.17, 15) is 4.79 Å². The highest BCUT2D eigenvalue weighted by Crippen LogP contribution is 2.38. The van der Waals surface area contributed by atoms with Gasteiger partial charge in [0.25, 0.3) is 5.91 Å². The summed E-state index contributed by atoms with van der Waals surface area (Å²) < 4.78 is 0. The van der Waals surface area contributed by atoms with Crippen LogP contribution in [0.4, 0.5) is 5.82 Å². The first-order chi connectivity index (χ1) is 11.2. The molecular formula is C15H14N6OS. The molecule has 1 aliphatic rings. The minimum Gasteiger partial charge on any atom is -0.365 e. The van der Waals surface area contributed by atoms with Crippen molar-refractivity contribution in [3.63, 3.8) is 0 Å². The summed E-state index contributed by atoms with van der Waals surface area (Å²) >= 11 is 1.32. The Labute approximate surface area is 136 Å². The first kappa shape index (κ1) is 14.0. The fraction of sp³-hybridized carbons (Fsp3) is 0.267. The smallest absolute Gasteiger partial charge is 0.259 e.